The number of amides is 2. The van der Waals surface area contributed by atoms with Crippen molar-refractivity contribution < 1.29 is 23.5 Å². The van der Waals surface area contributed by atoms with Gasteiger partial charge in [-0.3, -0.25) is 9.69 Å². The molecule has 0 bridgehead atoms. The number of nitrogens with zero attached hydrogens (tertiary/aromatic N) is 2. The van der Waals surface area contributed by atoms with Crippen LogP contribution in [0.3, 0.4) is 0 Å². The van der Waals surface area contributed by atoms with Crippen LogP contribution in [0.25, 0.3) is 0 Å². The highest BCUT2D eigenvalue weighted by atomic mass is 19.1. The lowest BCUT2D eigenvalue weighted by molar-refractivity contribution is -0.119. The number of cyclic esters (lactones) is 1. The second kappa shape index (κ2) is 6.74. The van der Waals surface area contributed by atoms with E-state index in [9.17, 15) is 9.59 Å². The van der Waals surface area contributed by atoms with Crippen LogP contribution in [0.1, 0.15) is 20.8 Å². The number of nitrogens with two attached hydrogens (primary N) is 1. The van der Waals surface area contributed by atoms with Crippen LogP contribution in [0.4, 0.5) is 9.18 Å². The van der Waals surface area contributed by atoms with Crippen LogP contribution in [-0.4, -0.2) is 48.0 Å². The Morgan fingerprint density at radius 1 is 1.57 bits per heavy atom. The molecule has 1 saturated heterocycles. The Morgan fingerprint density at radius 2 is 2.29 bits per heavy atom. The maximum atomic E-state index is 15.2. The van der Waals surface area contributed by atoms with E-state index in [1.807, 2.05) is 6.07 Å². The van der Waals surface area contributed by atoms with Crippen LogP contribution < -0.4 is 16.4 Å². The highest BCUT2D eigenvalue weighted by Gasteiger charge is 2.55. The molecule has 2 heterocycles. The third-order valence-electron chi connectivity index (χ3n) is 5.32. The van der Waals surface area contributed by atoms with Gasteiger partial charge in [0, 0.05) is 12.6 Å². The van der Waals surface area contributed by atoms with E-state index in [1.165, 1.54) is 17.9 Å². The summed E-state index contributed by atoms with van der Waals surface area (Å²) in [5.74, 6) is -0.321. The van der Waals surface area contributed by atoms with Gasteiger partial charge in [-0.1, -0.05) is 6.08 Å². The molecule has 2 amide bonds. The molecule has 0 aromatic carbocycles. The summed E-state index contributed by atoms with van der Waals surface area (Å²) in [7, 11) is 0. The van der Waals surface area contributed by atoms with Crippen molar-refractivity contribution in [3.63, 3.8) is 0 Å². The van der Waals surface area contributed by atoms with E-state index in [0.717, 1.165) is 0 Å². The molecule has 3 aliphatic rings. The minimum atomic E-state index is -1.54. The Hall–Kier alpha value is -3.22. The second-order valence-corrected chi connectivity index (χ2v) is 7.27. The van der Waals surface area contributed by atoms with Gasteiger partial charge in [0.25, 0.3) is 0 Å². The van der Waals surface area contributed by atoms with Crippen LogP contribution in [0, 0.1) is 16.7 Å². The van der Waals surface area contributed by atoms with Gasteiger partial charge in [0.05, 0.1) is 18.5 Å². The molecular weight excluding hydrogens is 369 g/mol. The van der Waals surface area contributed by atoms with Crippen molar-refractivity contribution >= 4 is 12.0 Å². The van der Waals surface area contributed by atoms with Gasteiger partial charge in [-0.25, -0.2) is 9.18 Å². The molecule has 1 aliphatic carbocycles. The fraction of sp³-hybridized carbons (Fsp3) is 0.500. The summed E-state index contributed by atoms with van der Waals surface area (Å²) in [5.41, 5.74) is 3.62. The molecule has 0 aromatic rings. The number of carbonyl (C=O) groups is 2. The molecule has 10 heteroatoms. The van der Waals surface area contributed by atoms with Gasteiger partial charge in [-0.05, 0) is 26.0 Å². The van der Waals surface area contributed by atoms with Gasteiger partial charge in [0.15, 0.2) is 11.4 Å². The third-order valence-corrected chi connectivity index (χ3v) is 5.32. The van der Waals surface area contributed by atoms with Gasteiger partial charge < -0.3 is 25.8 Å². The van der Waals surface area contributed by atoms with Gasteiger partial charge >= 0.3 is 6.09 Å². The fourth-order valence-electron chi connectivity index (χ4n) is 3.35. The topological polar surface area (TPSA) is 130 Å². The molecule has 9 nitrogen and oxygen atoms in total. The number of allylic oxidation sites excluding steroid dienone is 3. The molecule has 4 atom stereocenters. The number of hydrogen-bond donors (Lipinski definition) is 3. The van der Waals surface area contributed by atoms with Crippen molar-refractivity contribution in [3.05, 3.63) is 35.5 Å². The normalized spacial score (nSPS) is 34.3. The maximum Gasteiger partial charge on any atom is 0.414 e. The first-order valence-electron chi connectivity index (χ1n) is 8.74. The van der Waals surface area contributed by atoms with E-state index in [2.05, 4.69) is 10.6 Å². The Morgan fingerprint density at radius 3 is 2.86 bits per heavy atom. The summed E-state index contributed by atoms with van der Waals surface area (Å²) in [6.07, 6.45) is 1.83. The van der Waals surface area contributed by atoms with Crippen molar-refractivity contribution in [2.45, 2.75) is 38.8 Å². The van der Waals surface area contributed by atoms with E-state index in [0.29, 0.717) is 5.70 Å². The van der Waals surface area contributed by atoms with Crippen molar-refractivity contribution in [1.82, 2.24) is 15.5 Å². The Balaban J connectivity index is 1.74. The van der Waals surface area contributed by atoms with E-state index >= 15 is 4.39 Å². The first kappa shape index (κ1) is 19.5. The van der Waals surface area contributed by atoms with Crippen molar-refractivity contribution in [3.8, 4) is 6.07 Å². The molecule has 0 aromatic heterocycles. The van der Waals surface area contributed by atoms with E-state index in [1.54, 1.807) is 26.0 Å². The molecule has 1 fully saturated rings. The van der Waals surface area contributed by atoms with Crippen molar-refractivity contribution in [1.29, 1.82) is 5.26 Å². The molecule has 3 rings (SSSR count). The molecule has 4 N–H and O–H groups in total. The lowest BCUT2D eigenvalue weighted by Crippen LogP contribution is -2.57. The largest absolute Gasteiger partial charge is 0.450 e. The molecule has 0 saturated carbocycles. The SMILES string of the molecule is CC(=O)NC[C@H]1CN(C2=CC(F)C(C)(C3(C)NC(C#N)=C(N)O3)C=C2)C(=O)O1. The highest BCUT2D eigenvalue weighted by Crippen LogP contribution is 2.46. The number of nitriles is 1. The van der Waals surface area contributed by atoms with Crippen LogP contribution in [-0.2, 0) is 14.3 Å². The lowest BCUT2D eigenvalue weighted by Gasteiger charge is -2.44. The average molecular weight is 391 g/mol. The second-order valence-electron chi connectivity index (χ2n) is 7.27. The van der Waals surface area contributed by atoms with Gasteiger partial charge in [0.1, 0.15) is 18.3 Å². The quantitative estimate of drug-likeness (QED) is 0.644. The highest BCUT2D eigenvalue weighted by molar-refractivity contribution is 5.74. The predicted octanol–water partition coefficient (Wildman–Crippen LogP) is 0.729. The molecule has 2 aliphatic heterocycles. The number of rotatable bonds is 4. The van der Waals surface area contributed by atoms with Crippen molar-refractivity contribution in [2.24, 2.45) is 11.1 Å². The Kier molecular flexibility index (Phi) is 4.71. The van der Waals surface area contributed by atoms with E-state index in [4.69, 9.17) is 20.5 Å². The average Bonchev–Trinajstić information content (AvgIpc) is 3.15. The molecule has 0 spiro atoms. The van der Waals surface area contributed by atoms with Gasteiger partial charge in [-0.2, -0.15) is 5.26 Å². The Bertz CT molecular complexity index is 847. The smallest absolute Gasteiger partial charge is 0.414 e. The zero-order valence-corrected chi connectivity index (χ0v) is 15.8. The van der Waals surface area contributed by atoms with Crippen LogP contribution in [0.5, 0.6) is 0 Å². The predicted molar refractivity (Wildman–Crippen MR) is 95.3 cm³/mol. The summed E-state index contributed by atoms with van der Waals surface area (Å²) in [5, 5.41) is 14.5. The minimum Gasteiger partial charge on any atom is -0.450 e. The zero-order chi connectivity index (χ0) is 20.7. The summed E-state index contributed by atoms with van der Waals surface area (Å²) < 4.78 is 26.0. The van der Waals surface area contributed by atoms with Crippen LogP contribution in [0.2, 0.25) is 0 Å². The molecule has 0 radical (unpaired) electrons. The summed E-state index contributed by atoms with van der Waals surface area (Å²) in [6.45, 7) is 4.98. The van der Waals surface area contributed by atoms with Gasteiger partial charge in [0.2, 0.25) is 11.8 Å². The van der Waals surface area contributed by atoms with Crippen LogP contribution >= 0.6 is 0 Å². The number of nitrogens with one attached hydrogen (secondary N) is 2. The molecule has 150 valence electrons. The third kappa shape index (κ3) is 3.13. The number of alkyl halides is 1. The van der Waals surface area contributed by atoms with Crippen LogP contribution in [0.15, 0.2) is 35.5 Å². The Labute approximate surface area is 161 Å². The summed E-state index contributed by atoms with van der Waals surface area (Å²) >= 11 is 0. The maximum absolute atomic E-state index is 15.2. The summed E-state index contributed by atoms with van der Waals surface area (Å²) in [4.78, 5) is 24.5. The molecule has 28 heavy (non-hydrogen) atoms. The lowest BCUT2D eigenvalue weighted by atomic mass is 9.73. The minimum absolute atomic E-state index is 0.0445. The standard InChI is InChI=1S/C18H22FN5O4/c1-10(25)22-8-12-9-24(16(26)27-12)11-4-5-17(2,14(19)6-11)18(3)23-13(7-20)15(21)28-18/h4-6,12,14,23H,8-9,21H2,1-3H3,(H,22,25)/t12-,14?,17?,18?/m0/s1. The first-order chi connectivity index (χ1) is 13.1. The number of carbonyl (C=O) groups excluding carboxylic acids is 2. The van der Waals surface area contributed by atoms with E-state index in [-0.39, 0.29) is 30.6 Å². The number of halogens is 1. The molecular formula is C18H22FN5O4. The number of ether oxygens (including phenoxy) is 2. The van der Waals surface area contributed by atoms with Crippen molar-refractivity contribution in [2.75, 3.05) is 13.1 Å². The zero-order valence-electron chi connectivity index (χ0n) is 15.8. The van der Waals surface area contributed by atoms with Gasteiger partial charge in [-0.15, -0.1) is 0 Å². The first-order valence-corrected chi connectivity index (χ1v) is 8.74. The number of hydrogen-bond acceptors (Lipinski definition) is 7. The fourth-order valence-corrected chi connectivity index (χ4v) is 3.35. The molecule has 3 unspecified atom stereocenters. The monoisotopic (exact) mass is 391 g/mol. The van der Waals surface area contributed by atoms with E-state index < -0.39 is 29.5 Å². The summed E-state index contributed by atoms with van der Waals surface area (Å²) in [6, 6.07) is 1.88.